The van der Waals surface area contributed by atoms with E-state index in [-0.39, 0.29) is 29.0 Å². The molecule has 0 bridgehead atoms. The van der Waals surface area contributed by atoms with Gasteiger partial charge in [-0.2, -0.15) is 13.2 Å². The summed E-state index contributed by atoms with van der Waals surface area (Å²) in [5, 5.41) is 7.31. The second-order valence-electron chi connectivity index (χ2n) is 5.92. The Bertz CT molecular complexity index is 972. The number of ether oxygens (including phenoxy) is 1. The van der Waals surface area contributed by atoms with Crippen molar-refractivity contribution in [1.29, 1.82) is 0 Å². The monoisotopic (exact) mass is 426 g/mol. The van der Waals surface area contributed by atoms with Crippen molar-refractivity contribution in [3.63, 3.8) is 0 Å². The fourth-order valence-corrected chi connectivity index (χ4v) is 2.50. The number of hydrogen-bond donors (Lipinski definition) is 0. The molecule has 0 heterocycles. The predicted molar refractivity (Wildman–Crippen MR) is 100 cm³/mol. The van der Waals surface area contributed by atoms with Gasteiger partial charge in [0, 0.05) is 5.56 Å². The molecule has 160 valence electrons. The van der Waals surface area contributed by atoms with Crippen molar-refractivity contribution in [1.82, 2.24) is 0 Å². The van der Waals surface area contributed by atoms with E-state index >= 15 is 0 Å². The first-order valence-corrected chi connectivity index (χ1v) is 8.50. The van der Waals surface area contributed by atoms with Gasteiger partial charge >= 0.3 is 12.1 Å². The molecular weight excluding hydrogens is 408 g/mol. The standard InChI is InChI=1S/C20H18F4N2O4/c1-12(13-6-4-8-15(10-13)20(22,23)24)25-30-11-14-7-5-9-16(21)17(14)18(26-29-3)19(27)28-2/h4-10H,11H2,1-3H3. The Balaban J connectivity index is 2.27. The lowest BCUT2D eigenvalue weighted by molar-refractivity contribution is -0.137. The number of methoxy groups -OCH3 is 1. The molecule has 0 atom stereocenters. The number of oxime groups is 2. The van der Waals surface area contributed by atoms with Gasteiger partial charge in [0.2, 0.25) is 0 Å². The highest BCUT2D eigenvalue weighted by molar-refractivity contribution is 6.43. The quantitative estimate of drug-likeness (QED) is 0.286. The zero-order chi connectivity index (χ0) is 22.3. The third-order valence-electron chi connectivity index (χ3n) is 3.93. The summed E-state index contributed by atoms with van der Waals surface area (Å²) in [5.74, 6) is -1.69. The summed E-state index contributed by atoms with van der Waals surface area (Å²) in [6.45, 7) is 1.18. The maximum absolute atomic E-state index is 14.4. The van der Waals surface area contributed by atoms with E-state index in [2.05, 4.69) is 19.9 Å². The molecule has 0 aliphatic heterocycles. The lowest BCUT2D eigenvalue weighted by Crippen LogP contribution is -2.21. The van der Waals surface area contributed by atoms with Crippen molar-refractivity contribution in [3.05, 3.63) is 70.5 Å². The lowest BCUT2D eigenvalue weighted by Gasteiger charge is -2.11. The predicted octanol–water partition coefficient (Wildman–Crippen LogP) is 4.31. The summed E-state index contributed by atoms with van der Waals surface area (Å²) < 4.78 is 57.5. The Morgan fingerprint density at radius 3 is 2.40 bits per heavy atom. The average Bonchev–Trinajstić information content (AvgIpc) is 2.71. The zero-order valence-electron chi connectivity index (χ0n) is 16.3. The number of rotatable bonds is 7. The van der Waals surface area contributed by atoms with Gasteiger partial charge < -0.3 is 14.4 Å². The molecule has 0 aromatic heterocycles. The van der Waals surface area contributed by atoms with Crippen molar-refractivity contribution in [2.45, 2.75) is 19.7 Å². The lowest BCUT2D eigenvalue weighted by atomic mass is 10.0. The Kier molecular flexibility index (Phi) is 7.51. The molecule has 0 unspecified atom stereocenters. The SMILES string of the molecule is CON=C(C(=O)OC)c1c(F)cccc1CON=C(C)c1cccc(C(F)(F)F)c1. The Morgan fingerprint density at radius 2 is 1.77 bits per heavy atom. The number of halogens is 4. The van der Waals surface area contributed by atoms with E-state index in [0.29, 0.717) is 0 Å². The van der Waals surface area contributed by atoms with Gasteiger partial charge in [0.1, 0.15) is 19.5 Å². The molecule has 0 radical (unpaired) electrons. The normalized spacial score (nSPS) is 12.5. The number of benzene rings is 2. The summed E-state index contributed by atoms with van der Waals surface area (Å²) in [5.41, 5.74) is -0.830. The van der Waals surface area contributed by atoms with Gasteiger partial charge in [-0.15, -0.1) is 0 Å². The van der Waals surface area contributed by atoms with Crippen LogP contribution in [0.3, 0.4) is 0 Å². The van der Waals surface area contributed by atoms with E-state index in [1.165, 1.54) is 38.3 Å². The Labute approximate surface area is 169 Å². The summed E-state index contributed by atoms with van der Waals surface area (Å²) in [4.78, 5) is 21.7. The van der Waals surface area contributed by atoms with Crippen LogP contribution in [0.15, 0.2) is 52.8 Å². The zero-order valence-corrected chi connectivity index (χ0v) is 16.3. The van der Waals surface area contributed by atoms with Crippen LogP contribution >= 0.6 is 0 Å². The van der Waals surface area contributed by atoms with Crippen molar-refractivity contribution in [2.24, 2.45) is 10.3 Å². The van der Waals surface area contributed by atoms with E-state index in [4.69, 9.17) is 4.84 Å². The highest BCUT2D eigenvalue weighted by atomic mass is 19.4. The van der Waals surface area contributed by atoms with Crippen molar-refractivity contribution in [2.75, 3.05) is 14.2 Å². The van der Waals surface area contributed by atoms with Crippen LogP contribution in [0.4, 0.5) is 17.6 Å². The summed E-state index contributed by atoms with van der Waals surface area (Å²) in [6, 6.07) is 8.57. The molecule has 0 amide bonds. The molecule has 0 spiro atoms. The van der Waals surface area contributed by atoms with Crippen LogP contribution in [0.2, 0.25) is 0 Å². The number of nitrogens with zero attached hydrogens (tertiary/aromatic N) is 2. The Hall–Kier alpha value is -3.43. The molecule has 10 heteroatoms. The molecule has 6 nitrogen and oxygen atoms in total. The second kappa shape index (κ2) is 9.86. The van der Waals surface area contributed by atoms with Crippen LogP contribution < -0.4 is 0 Å². The van der Waals surface area contributed by atoms with Gasteiger partial charge in [0.25, 0.3) is 0 Å². The largest absolute Gasteiger partial charge is 0.464 e. The summed E-state index contributed by atoms with van der Waals surface area (Å²) >= 11 is 0. The van der Waals surface area contributed by atoms with Gasteiger partial charge in [-0.1, -0.05) is 34.6 Å². The fourth-order valence-electron chi connectivity index (χ4n) is 2.50. The summed E-state index contributed by atoms with van der Waals surface area (Å²) in [7, 11) is 2.29. The maximum Gasteiger partial charge on any atom is 0.416 e. The van der Waals surface area contributed by atoms with E-state index in [9.17, 15) is 22.4 Å². The van der Waals surface area contributed by atoms with E-state index in [1.54, 1.807) is 0 Å². The summed E-state index contributed by atoms with van der Waals surface area (Å²) in [6.07, 6.45) is -4.49. The van der Waals surface area contributed by atoms with Crippen LogP contribution in [0.5, 0.6) is 0 Å². The molecule has 0 fully saturated rings. The number of esters is 1. The van der Waals surface area contributed by atoms with Crippen molar-refractivity contribution < 1.29 is 36.8 Å². The van der Waals surface area contributed by atoms with Gasteiger partial charge in [-0.3, -0.25) is 0 Å². The average molecular weight is 426 g/mol. The van der Waals surface area contributed by atoms with Crippen LogP contribution in [-0.4, -0.2) is 31.6 Å². The molecule has 30 heavy (non-hydrogen) atoms. The van der Waals surface area contributed by atoms with Gasteiger partial charge in [-0.05, 0) is 30.7 Å². The number of carbonyl (C=O) groups is 1. The van der Waals surface area contributed by atoms with Crippen LogP contribution in [-0.2, 0) is 32.0 Å². The minimum atomic E-state index is -4.49. The smallest absolute Gasteiger partial charge is 0.416 e. The first-order valence-electron chi connectivity index (χ1n) is 8.50. The van der Waals surface area contributed by atoms with Gasteiger partial charge in [-0.25, -0.2) is 9.18 Å². The van der Waals surface area contributed by atoms with E-state index < -0.39 is 29.2 Å². The van der Waals surface area contributed by atoms with Crippen molar-refractivity contribution >= 4 is 17.4 Å². The molecule has 2 rings (SSSR count). The first-order chi connectivity index (χ1) is 14.2. The van der Waals surface area contributed by atoms with Gasteiger partial charge in [0.05, 0.1) is 23.9 Å². The van der Waals surface area contributed by atoms with Crippen LogP contribution in [0.1, 0.15) is 29.2 Å². The van der Waals surface area contributed by atoms with Crippen LogP contribution in [0, 0.1) is 5.82 Å². The van der Waals surface area contributed by atoms with Crippen LogP contribution in [0.25, 0.3) is 0 Å². The molecule has 0 saturated carbocycles. The highest BCUT2D eigenvalue weighted by Gasteiger charge is 2.30. The van der Waals surface area contributed by atoms with Crippen molar-refractivity contribution in [3.8, 4) is 0 Å². The molecule has 0 saturated heterocycles. The third kappa shape index (κ3) is 5.56. The van der Waals surface area contributed by atoms with E-state index in [1.807, 2.05) is 0 Å². The number of alkyl halides is 3. The Morgan fingerprint density at radius 1 is 1.07 bits per heavy atom. The fraction of sp³-hybridized carbons (Fsp3) is 0.250. The minimum absolute atomic E-state index is 0.179. The molecule has 0 aliphatic carbocycles. The first kappa shape index (κ1) is 22.9. The number of hydrogen-bond acceptors (Lipinski definition) is 6. The molecule has 2 aromatic rings. The highest BCUT2D eigenvalue weighted by Crippen LogP contribution is 2.29. The molecule has 0 N–H and O–H groups in total. The molecule has 0 aliphatic rings. The topological polar surface area (TPSA) is 69.5 Å². The second-order valence-corrected chi connectivity index (χ2v) is 5.92. The minimum Gasteiger partial charge on any atom is -0.464 e. The van der Waals surface area contributed by atoms with Gasteiger partial charge in [0.15, 0.2) is 5.71 Å². The third-order valence-corrected chi connectivity index (χ3v) is 3.93. The maximum atomic E-state index is 14.4. The van der Waals surface area contributed by atoms with E-state index in [0.717, 1.165) is 25.3 Å². The molecule has 2 aromatic carbocycles. The number of carbonyl (C=O) groups excluding carboxylic acids is 1. The molecular formula is C20H18F4N2O4.